The zero-order valence-electron chi connectivity index (χ0n) is 49.8. The van der Waals surface area contributed by atoms with Crippen LogP contribution in [0.3, 0.4) is 0 Å². The highest BCUT2D eigenvalue weighted by atomic mass is 28.4. The quantitative estimate of drug-likeness (QED) is 0.0221. The number of rotatable bonds is 27. The van der Waals surface area contributed by atoms with Gasteiger partial charge in [-0.15, -0.1) is 0 Å². The van der Waals surface area contributed by atoms with Crippen molar-refractivity contribution in [2.24, 2.45) is 11.8 Å². The third-order valence-electron chi connectivity index (χ3n) is 16.1. The molecule has 0 aromatic heterocycles. The fourth-order valence-electron chi connectivity index (χ4n) is 11.9. The van der Waals surface area contributed by atoms with Crippen LogP contribution in [0.2, 0.25) is 35.8 Å². The summed E-state index contributed by atoms with van der Waals surface area (Å²) in [5.74, 6) is -2.36. The summed E-state index contributed by atoms with van der Waals surface area (Å²) in [4.78, 5) is 14.1. The summed E-state index contributed by atoms with van der Waals surface area (Å²) in [5, 5.41) is 4.33. The van der Waals surface area contributed by atoms with Crippen LogP contribution in [0.1, 0.15) is 99.2 Å². The third kappa shape index (κ3) is 14.8. The lowest BCUT2D eigenvalue weighted by Gasteiger charge is -2.55. The molecule has 1 aliphatic heterocycles. The molecule has 0 unspecified atom stereocenters. The van der Waals surface area contributed by atoms with Crippen molar-refractivity contribution in [3.63, 3.8) is 0 Å². The van der Waals surface area contributed by atoms with Gasteiger partial charge in [0.2, 0.25) is 5.79 Å². The molecule has 9 atom stereocenters. The smallest absolute Gasteiger partial charge is 0.311 e. The molecule has 0 bridgehead atoms. The van der Waals surface area contributed by atoms with Gasteiger partial charge in [-0.25, -0.2) is 0 Å². The summed E-state index contributed by atoms with van der Waals surface area (Å²) in [6.07, 6.45) is 5.04. The lowest BCUT2D eigenvalue weighted by Crippen LogP contribution is -2.73. The molecule has 9 nitrogen and oxygen atoms in total. The predicted octanol–water partition coefficient (Wildman–Crippen LogP) is 12.7. The molecule has 1 heterocycles. The molecule has 1 aliphatic rings. The third-order valence-corrected chi connectivity index (χ3v) is 27.9. The summed E-state index contributed by atoms with van der Waals surface area (Å²) >= 11 is 0. The normalized spacial score (nSPS) is 21.2. The fourth-order valence-corrected chi connectivity index (χ4v) is 22.1. The van der Waals surface area contributed by atoms with Crippen LogP contribution in [0.5, 0.6) is 0 Å². The van der Waals surface area contributed by atoms with Gasteiger partial charge in [-0.1, -0.05) is 252 Å². The van der Waals surface area contributed by atoms with Crippen LogP contribution in [0.25, 0.3) is 0 Å². The van der Waals surface area contributed by atoms with Crippen molar-refractivity contribution in [3.05, 3.63) is 169 Å². The predicted molar refractivity (Wildman–Crippen MR) is 327 cm³/mol. The lowest BCUT2D eigenvalue weighted by molar-refractivity contribution is -0.351. The number of methoxy groups -OCH3 is 4. The number of carbonyl (C=O) groups excluding carboxylic acids is 1. The Morgan fingerprint density at radius 2 is 1.10 bits per heavy atom. The second kappa shape index (κ2) is 27.9. The first-order chi connectivity index (χ1) is 37.1. The van der Waals surface area contributed by atoms with E-state index in [-0.39, 0.29) is 46.6 Å². The van der Waals surface area contributed by atoms with Crippen LogP contribution in [0.4, 0.5) is 0 Å². The Balaban J connectivity index is 1.28. The molecule has 12 heteroatoms. The lowest BCUT2D eigenvalue weighted by atomic mass is 9.80. The van der Waals surface area contributed by atoms with Crippen LogP contribution in [-0.2, 0) is 42.1 Å². The average Bonchev–Trinajstić information content (AvgIpc) is 3.63. The molecule has 0 aliphatic carbocycles. The van der Waals surface area contributed by atoms with Crippen molar-refractivity contribution >= 4 is 51.4 Å². The van der Waals surface area contributed by atoms with E-state index < -0.39 is 54.8 Å². The fraction of sp³-hybridized carbons (Fsp3) is 0.500. The van der Waals surface area contributed by atoms with Crippen LogP contribution < -0.4 is 20.7 Å². The second-order valence-electron chi connectivity index (χ2n) is 24.8. The van der Waals surface area contributed by atoms with Crippen molar-refractivity contribution in [1.82, 2.24) is 0 Å². The molecule has 6 rings (SSSR count). The number of hydrogen-bond acceptors (Lipinski definition) is 9. The molecule has 0 amide bonds. The number of carbonyl (C=O) groups is 1. The van der Waals surface area contributed by atoms with E-state index in [9.17, 15) is 4.79 Å². The molecular weight excluding hydrogens is 1020 g/mol. The number of ether oxygens (including phenoxy) is 6. The van der Waals surface area contributed by atoms with E-state index in [1.807, 2.05) is 0 Å². The van der Waals surface area contributed by atoms with Gasteiger partial charge in [-0.3, -0.25) is 4.79 Å². The minimum atomic E-state index is -3.18. The number of esters is 1. The van der Waals surface area contributed by atoms with Crippen molar-refractivity contribution < 1.29 is 42.1 Å². The van der Waals surface area contributed by atoms with Gasteiger partial charge in [0.15, 0.2) is 0 Å². The van der Waals surface area contributed by atoms with E-state index in [1.165, 1.54) is 15.9 Å². The Hall–Kier alpha value is -4.32. The minimum Gasteiger partial charge on any atom is -0.466 e. The van der Waals surface area contributed by atoms with Crippen LogP contribution in [-0.4, -0.2) is 102 Å². The first-order valence-corrected chi connectivity index (χ1v) is 35.9. The van der Waals surface area contributed by atoms with Gasteiger partial charge < -0.3 is 37.3 Å². The number of benzene rings is 5. The standard InChI is InChI=1S/C66H94O9Si3/c1-50(45-46-59(69-10)58(68-9)44-32-31-43-57(52-33-21-16-22-34-52)74-77(64(3,4)5,53-35-23-17-24-36-53)54-37-25-18-26-38-54)61-51(2)62(63(70-11)66(71-12,73-61)49-60(67)72-47-48-76(13,14)15)75-78(65(6,7)8,55-39-27-19-28-40-55)56-41-29-20-30-42-56/h16-30,33-42,45-46,50-51,57-59,61-63H,31-32,43-44,47-49H2,1-15H3/b46-45+/t50-,51+,57-,58-,59+,61-,62-,63+,66+/m0/s1. The van der Waals surface area contributed by atoms with Gasteiger partial charge in [-0.2, -0.15) is 0 Å². The molecule has 0 N–H and O–H groups in total. The summed E-state index contributed by atoms with van der Waals surface area (Å²) < 4.78 is 54.5. The Morgan fingerprint density at radius 3 is 1.53 bits per heavy atom. The molecule has 0 saturated carbocycles. The monoisotopic (exact) mass is 1110 g/mol. The Kier molecular flexibility index (Phi) is 22.5. The van der Waals surface area contributed by atoms with Crippen LogP contribution in [0, 0.1) is 11.8 Å². The highest BCUT2D eigenvalue weighted by Crippen LogP contribution is 2.47. The zero-order valence-corrected chi connectivity index (χ0v) is 52.8. The first kappa shape index (κ1) is 62.9. The van der Waals surface area contributed by atoms with Crippen molar-refractivity contribution in [2.75, 3.05) is 35.0 Å². The molecule has 0 spiro atoms. The van der Waals surface area contributed by atoms with Crippen molar-refractivity contribution in [1.29, 1.82) is 0 Å². The van der Waals surface area contributed by atoms with Gasteiger partial charge >= 0.3 is 5.97 Å². The Labute approximate surface area is 473 Å². The molecule has 1 fully saturated rings. The summed E-state index contributed by atoms with van der Waals surface area (Å²) in [6.45, 7) is 25.3. The van der Waals surface area contributed by atoms with Gasteiger partial charge in [0.1, 0.15) is 18.6 Å². The maximum atomic E-state index is 14.1. The van der Waals surface area contributed by atoms with Crippen molar-refractivity contribution in [3.8, 4) is 0 Å². The molecule has 78 heavy (non-hydrogen) atoms. The van der Waals surface area contributed by atoms with Crippen molar-refractivity contribution in [2.45, 2.75) is 166 Å². The summed E-state index contributed by atoms with van der Waals surface area (Å²) in [5.41, 5.74) is 1.19. The number of hydrogen-bond donors (Lipinski definition) is 0. The number of unbranched alkanes of at least 4 members (excludes halogenated alkanes) is 1. The molecule has 5 aromatic rings. The van der Waals surface area contributed by atoms with Gasteiger partial charge in [0.25, 0.3) is 16.6 Å². The van der Waals surface area contributed by atoms with E-state index >= 15 is 0 Å². The first-order valence-electron chi connectivity index (χ1n) is 28.4. The maximum absolute atomic E-state index is 14.1. The largest absolute Gasteiger partial charge is 0.466 e. The van der Waals surface area contributed by atoms with Gasteiger partial charge in [-0.05, 0) is 55.3 Å². The second-order valence-corrected chi connectivity index (χ2v) is 38.9. The SMILES string of the molecule is CO[C@@H](CCCC[C@H](O[Si](c1ccccc1)(c1ccccc1)C(C)(C)C)c1ccccc1)[C@@H](/C=C/[C@H](C)[C@@H]1O[C@@](CC(=O)OCC[Si](C)(C)C)(OC)[C@H](OC)[C@@H](O[Si](c2ccccc2)(c2ccccc2)C(C)(C)C)[C@@H]1C)OC. The van der Waals surface area contributed by atoms with Crippen LogP contribution in [0.15, 0.2) is 164 Å². The van der Waals surface area contributed by atoms with Crippen LogP contribution >= 0.6 is 0 Å². The highest BCUT2D eigenvalue weighted by Gasteiger charge is 2.61. The van der Waals surface area contributed by atoms with Gasteiger partial charge in [0.05, 0.1) is 31.0 Å². The topological polar surface area (TPSA) is 90.9 Å². The molecule has 1 saturated heterocycles. The molecule has 0 radical (unpaired) electrons. The average molecular weight is 1120 g/mol. The minimum absolute atomic E-state index is 0.122. The Morgan fingerprint density at radius 1 is 0.641 bits per heavy atom. The van der Waals surface area contributed by atoms with Gasteiger partial charge in [0, 0.05) is 48.3 Å². The van der Waals surface area contributed by atoms with E-state index in [0.717, 1.165) is 42.1 Å². The maximum Gasteiger partial charge on any atom is 0.311 e. The molecular formula is C66H94O9Si3. The Bertz CT molecular complexity index is 2490. The molecule has 5 aromatic carbocycles. The van der Waals surface area contributed by atoms with E-state index in [2.05, 4.69) is 239 Å². The van der Waals surface area contributed by atoms with E-state index in [1.54, 1.807) is 28.4 Å². The molecule has 424 valence electrons. The summed E-state index contributed by atoms with van der Waals surface area (Å²) in [7, 11) is -0.735. The zero-order chi connectivity index (χ0) is 56.8. The van der Waals surface area contributed by atoms with E-state index in [0.29, 0.717) is 6.61 Å². The van der Waals surface area contributed by atoms with E-state index in [4.69, 9.17) is 37.3 Å². The summed E-state index contributed by atoms with van der Waals surface area (Å²) in [6, 6.07) is 54.6. The highest BCUT2D eigenvalue weighted by molar-refractivity contribution is 7.00.